The van der Waals surface area contributed by atoms with E-state index in [0.717, 1.165) is 16.9 Å². The molecule has 2 aromatic carbocycles. The normalized spacial score (nSPS) is 10.0. The lowest BCUT2D eigenvalue weighted by Gasteiger charge is -2.14. The van der Waals surface area contributed by atoms with E-state index in [0.29, 0.717) is 6.54 Å². The predicted molar refractivity (Wildman–Crippen MR) is 88.8 cm³/mol. The van der Waals surface area contributed by atoms with E-state index in [1.54, 1.807) is 0 Å². The molecule has 0 spiro atoms. The highest BCUT2D eigenvalue weighted by Gasteiger charge is 2.03. The average Bonchev–Trinajstić information content (AvgIpc) is 2.46. The number of nitrogens with one attached hydrogen (secondary N) is 2. The molecule has 0 fully saturated rings. The lowest BCUT2D eigenvalue weighted by Crippen LogP contribution is -2.10. The second-order valence-corrected chi connectivity index (χ2v) is 5.13. The summed E-state index contributed by atoms with van der Waals surface area (Å²) in [6.07, 6.45) is 0. The standard InChI is InChI=1S/C17H21N3O/c1-13(21)19-17-7-5-4-6-14(17)12-18-15-8-10-16(11-9-15)20(2)3/h4-11,18H,12H2,1-3H3,(H,19,21). The molecular formula is C17H21N3O. The van der Waals surface area contributed by atoms with Gasteiger partial charge in [0.2, 0.25) is 5.91 Å². The number of para-hydroxylation sites is 1. The summed E-state index contributed by atoms with van der Waals surface area (Å²) >= 11 is 0. The Kier molecular flexibility index (Phi) is 4.82. The highest BCUT2D eigenvalue weighted by atomic mass is 16.1. The third kappa shape index (κ3) is 4.24. The van der Waals surface area contributed by atoms with Gasteiger partial charge in [-0.05, 0) is 35.9 Å². The maximum Gasteiger partial charge on any atom is 0.221 e. The minimum Gasteiger partial charge on any atom is -0.381 e. The molecule has 2 aromatic rings. The Morgan fingerprint density at radius 3 is 2.33 bits per heavy atom. The fraction of sp³-hybridized carbons (Fsp3) is 0.235. The molecule has 0 saturated heterocycles. The molecule has 0 aliphatic rings. The van der Waals surface area contributed by atoms with Crippen LogP contribution in [0.5, 0.6) is 0 Å². The van der Waals surface area contributed by atoms with Crippen LogP contribution in [0, 0.1) is 0 Å². The first-order valence-corrected chi connectivity index (χ1v) is 6.93. The molecule has 0 radical (unpaired) electrons. The van der Waals surface area contributed by atoms with Gasteiger partial charge in [-0.1, -0.05) is 18.2 Å². The number of rotatable bonds is 5. The van der Waals surface area contributed by atoms with Gasteiger partial charge in [0.1, 0.15) is 0 Å². The summed E-state index contributed by atoms with van der Waals surface area (Å²) in [6.45, 7) is 2.18. The van der Waals surface area contributed by atoms with Crippen LogP contribution in [-0.4, -0.2) is 20.0 Å². The van der Waals surface area contributed by atoms with Crippen LogP contribution < -0.4 is 15.5 Å². The zero-order valence-electron chi connectivity index (χ0n) is 12.7. The van der Waals surface area contributed by atoms with Crippen molar-refractivity contribution in [3.05, 3.63) is 54.1 Å². The van der Waals surface area contributed by atoms with Crippen molar-refractivity contribution in [2.45, 2.75) is 13.5 Å². The van der Waals surface area contributed by atoms with E-state index in [-0.39, 0.29) is 5.91 Å². The van der Waals surface area contributed by atoms with Gasteiger partial charge in [-0.2, -0.15) is 0 Å². The van der Waals surface area contributed by atoms with Crippen molar-refractivity contribution in [3.63, 3.8) is 0 Å². The first kappa shape index (κ1) is 14.9. The summed E-state index contributed by atoms with van der Waals surface area (Å²) in [5.41, 5.74) is 4.13. The first-order chi connectivity index (χ1) is 10.1. The summed E-state index contributed by atoms with van der Waals surface area (Å²) in [7, 11) is 4.04. The number of hydrogen-bond acceptors (Lipinski definition) is 3. The van der Waals surface area contributed by atoms with Crippen molar-refractivity contribution in [2.75, 3.05) is 29.6 Å². The van der Waals surface area contributed by atoms with Gasteiger partial charge in [0, 0.05) is 44.6 Å². The molecule has 21 heavy (non-hydrogen) atoms. The van der Waals surface area contributed by atoms with E-state index >= 15 is 0 Å². The summed E-state index contributed by atoms with van der Waals surface area (Å²) in [6, 6.07) is 16.1. The Hall–Kier alpha value is -2.49. The smallest absolute Gasteiger partial charge is 0.221 e. The van der Waals surface area contributed by atoms with Crippen molar-refractivity contribution in [3.8, 4) is 0 Å². The summed E-state index contributed by atoms with van der Waals surface area (Å²) in [5, 5.41) is 6.22. The molecule has 0 saturated carbocycles. The quantitative estimate of drug-likeness (QED) is 0.884. The molecule has 0 aliphatic heterocycles. The number of amides is 1. The fourth-order valence-corrected chi connectivity index (χ4v) is 2.06. The first-order valence-electron chi connectivity index (χ1n) is 6.93. The third-order valence-corrected chi connectivity index (χ3v) is 3.19. The molecule has 2 rings (SSSR count). The van der Waals surface area contributed by atoms with Crippen LogP contribution in [0.25, 0.3) is 0 Å². The van der Waals surface area contributed by atoms with Crippen molar-refractivity contribution >= 4 is 23.0 Å². The lowest BCUT2D eigenvalue weighted by atomic mass is 10.1. The number of benzene rings is 2. The second kappa shape index (κ2) is 6.79. The highest BCUT2D eigenvalue weighted by molar-refractivity contribution is 5.89. The zero-order chi connectivity index (χ0) is 15.2. The summed E-state index contributed by atoms with van der Waals surface area (Å²) in [5.74, 6) is -0.0576. The third-order valence-electron chi connectivity index (χ3n) is 3.19. The van der Waals surface area contributed by atoms with Crippen LogP contribution in [0.1, 0.15) is 12.5 Å². The van der Waals surface area contributed by atoms with Crippen LogP contribution in [0.3, 0.4) is 0 Å². The van der Waals surface area contributed by atoms with Gasteiger partial charge in [0.15, 0.2) is 0 Å². The molecule has 110 valence electrons. The Morgan fingerprint density at radius 2 is 1.71 bits per heavy atom. The lowest BCUT2D eigenvalue weighted by molar-refractivity contribution is -0.114. The minimum absolute atomic E-state index is 0.0576. The summed E-state index contributed by atoms with van der Waals surface area (Å²) < 4.78 is 0. The van der Waals surface area contributed by atoms with E-state index in [4.69, 9.17) is 0 Å². The van der Waals surface area contributed by atoms with Crippen molar-refractivity contribution in [2.24, 2.45) is 0 Å². The van der Waals surface area contributed by atoms with E-state index in [1.165, 1.54) is 12.6 Å². The van der Waals surface area contributed by atoms with Crippen LogP contribution in [0.4, 0.5) is 17.1 Å². The Labute approximate surface area is 125 Å². The van der Waals surface area contributed by atoms with Gasteiger partial charge < -0.3 is 15.5 Å². The number of nitrogens with zero attached hydrogens (tertiary/aromatic N) is 1. The highest BCUT2D eigenvalue weighted by Crippen LogP contribution is 2.19. The fourth-order valence-electron chi connectivity index (χ4n) is 2.06. The maximum absolute atomic E-state index is 11.2. The number of carbonyl (C=O) groups is 1. The Balaban J connectivity index is 2.04. The summed E-state index contributed by atoms with van der Waals surface area (Å²) in [4.78, 5) is 13.3. The van der Waals surface area contributed by atoms with Crippen molar-refractivity contribution in [1.29, 1.82) is 0 Å². The van der Waals surface area contributed by atoms with Gasteiger partial charge in [-0.25, -0.2) is 0 Å². The molecule has 0 bridgehead atoms. The van der Waals surface area contributed by atoms with Crippen molar-refractivity contribution in [1.82, 2.24) is 0 Å². The number of carbonyl (C=O) groups excluding carboxylic acids is 1. The number of anilines is 3. The van der Waals surface area contributed by atoms with E-state index in [1.807, 2.05) is 38.4 Å². The Bertz CT molecular complexity index is 606. The van der Waals surface area contributed by atoms with Crippen LogP contribution in [0.2, 0.25) is 0 Å². The topological polar surface area (TPSA) is 44.4 Å². The molecule has 0 unspecified atom stereocenters. The predicted octanol–water partition coefficient (Wildman–Crippen LogP) is 3.32. The zero-order valence-corrected chi connectivity index (χ0v) is 12.7. The molecule has 0 heterocycles. The van der Waals surface area contributed by atoms with Gasteiger partial charge in [-0.3, -0.25) is 4.79 Å². The molecular weight excluding hydrogens is 262 g/mol. The van der Waals surface area contributed by atoms with Gasteiger partial charge in [-0.15, -0.1) is 0 Å². The SMILES string of the molecule is CC(=O)Nc1ccccc1CNc1ccc(N(C)C)cc1. The molecule has 2 N–H and O–H groups in total. The second-order valence-electron chi connectivity index (χ2n) is 5.13. The van der Waals surface area contributed by atoms with Crippen LogP contribution in [-0.2, 0) is 11.3 Å². The molecule has 0 atom stereocenters. The van der Waals surface area contributed by atoms with E-state index < -0.39 is 0 Å². The molecule has 0 aliphatic carbocycles. The maximum atomic E-state index is 11.2. The van der Waals surface area contributed by atoms with Crippen molar-refractivity contribution < 1.29 is 4.79 Å². The Morgan fingerprint density at radius 1 is 1.05 bits per heavy atom. The monoisotopic (exact) mass is 283 g/mol. The van der Waals surface area contributed by atoms with E-state index in [2.05, 4.69) is 39.8 Å². The minimum atomic E-state index is -0.0576. The van der Waals surface area contributed by atoms with Crippen LogP contribution in [0.15, 0.2) is 48.5 Å². The molecule has 0 aromatic heterocycles. The van der Waals surface area contributed by atoms with Gasteiger partial charge in [0.05, 0.1) is 0 Å². The van der Waals surface area contributed by atoms with Crippen LogP contribution >= 0.6 is 0 Å². The van der Waals surface area contributed by atoms with Gasteiger partial charge >= 0.3 is 0 Å². The molecule has 4 heteroatoms. The van der Waals surface area contributed by atoms with E-state index in [9.17, 15) is 4.79 Å². The molecule has 1 amide bonds. The van der Waals surface area contributed by atoms with Gasteiger partial charge in [0.25, 0.3) is 0 Å². The number of hydrogen-bond donors (Lipinski definition) is 2. The largest absolute Gasteiger partial charge is 0.381 e. The molecule has 4 nitrogen and oxygen atoms in total. The average molecular weight is 283 g/mol.